The van der Waals surface area contributed by atoms with Crippen LogP contribution < -0.4 is 4.72 Å². The van der Waals surface area contributed by atoms with Crippen molar-refractivity contribution in [2.24, 2.45) is 0 Å². The number of anilines is 1. The number of sulfonamides is 1. The number of nitrogens with one attached hydrogen (secondary N) is 1. The van der Waals surface area contributed by atoms with Crippen molar-refractivity contribution in [3.05, 3.63) is 53.6 Å². The minimum atomic E-state index is -4.59. The van der Waals surface area contributed by atoms with Gasteiger partial charge in [-0.05, 0) is 36.4 Å². The lowest BCUT2D eigenvalue weighted by molar-refractivity contribution is -0.137. The van der Waals surface area contributed by atoms with Crippen molar-refractivity contribution in [1.29, 1.82) is 0 Å². The number of phenols is 1. The van der Waals surface area contributed by atoms with Crippen molar-refractivity contribution in [3.8, 4) is 5.75 Å². The van der Waals surface area contributed by atoms with Gasteiger partial charge in [0.2, 0.25) is 0 Å². The van der Waals surface area contributed by atoms with E-state index in [0.717, 1.165) is 30.3 Å². The van der Waals surface area contributed by atoms with Gasteiger partial charge >= 0.3 is 12.1 Å². The third kappa shape index (κ3) is 3.77. The Labute approximate surface area is 134 Å². The molecule has 0 aliphatic carbocycles. The molecule has 0 aliphatic heterocycles. The molecule has 3 N–H and O–H groups in total. The van der Waals surface area contributed by atoms with Crippen LogP contribution in [0, 0.1) is 0 Å². The normalized spacial score (nSPS) is 12.0. The number of carboxylic acids is 1. The number of carboxylic acid groups (broad SMARTS) is 1. The fourth-order valence-corrected chi connectivity index (χ4v) is 2.86. The summed E-state index contributed by atoms with van der Waals surface area (Å²) in [5.74, 6) is -2.06. The Kier molecular flexibility index (Phi) is 4.43. The molecule has 2 aromatic carbocycles. The van der Waals surface area contributed by atoms with Crippen LogP contribution in [0.3, 0.4) is 0 Å². The van der Waals surface area contributed by atoms with Crippen molar-refractivity contribution in [2.75, 3.05) is 4.72 Å². The van der Waals surface area contributed by atoms with Crippen LogP contribution >= 0.6 is 0 Å². The Hall–Kier alpha value is -2.75. The molecule has 0 fully saturated rings. The molecule has 0 atom stereocenters. The SMILES string of the molecule is O=C(O)c1ccc(NS(=O)(=O)c2ccc(C(F)(F)F)cc2)cc1O. The van der Waals surface area contributed by atoms with E-state index in [2.05, 4.69) is 0 Å². The Morgan fingerprint density at radius 2 is 1.62 bits per heavy atom. The number of carbonyl (C=O) groups is 1. The first-order valence-corrected chi connectivity index (χ1v) is 7.75. The Bertz CT molecular complexity index is 876. The van der Waals surface area contributed by atoms with Gasteiger partial charge in [-0.3, -0.25) is 4.72 Å². The molecule has 0 aliphatic rings. The maximum atomic E-state index is 12.5. The Morgan fingerprint density at radius 1 is 1.04 bits per heavy atom. The standard InChI is InChI=1S/C14H10F3NO5S/c15-14(16,17)8-1-4-10(5-2-8)24(22,23)18-9-3-6-11(13(20)21)12(19)7-9/h1-7,18-19H,(H,20,21). The molecule has 0 aromatic heterocycles. The summed E-state index contributed by atoms with van der Waals surface area (Å²) in [4.78, 5) is 10.3. The molecule has 128 valence electrons. The maximum absolute atomic E-state index is 12.5. The van der Waals surface area contributed by atoms with E-state index in [-0.39, 0.29) is 5.69 Å². The van der Waals surface area contributed by atoms with Crippen molar-refractivity contribution in [2.45, 2.75) is 11.1 Å². The summed E-state index contributed by atoms with van der Waals surface area (Å²) in [6.45, 7) is 0. The van der Waals surface area contributed by atoms with Crippen LogP contribution in [-0.4, -0.2) is 24.6 Å². The van der Waals surface area contributed by atoms with E-state index in [1.165, 1.54) is 0 Å². The van der Waals surface area contributed by atoms with Crippen LogP contribution in [0.15, 0.2) is 47.4 Å². The average molecular weight is 361 g/mol. The third-order valence-corrected chi connectivity index (χ3v) is 4.37. The number of alkyl halides is 3. The van der Waals surface area contributed by atoms with E-state index in [1.54, 1.807) is 0 Å². The number of rotatable bonds is 4. The fraction of sp³-hybridized carbons (Fsp3) is 0.0714. The number of benzene rings is 2. The van der Waals surface area contributed by atoms with Gasteiger partial charge in [0, 0.05) is 6.07 Å². The van der Waals surface area contributed by atoms with E-state index in [9.17, 15) is 31.5 Å². The summed E-state index contributed by atoms with van der Waals surface area (Å²) in [7, 11) is -4.20. The first-order valence-electron chi connectivity index (χ1n) is 6.27. The first kappa shape index (κ1) is 17.6. The van der Waals surface area contributed by atoms with Gasteiger partial charge in [-0.25, -0.2) is 13.2 Å². The molecule has 0 saturated heterocycles. The molecule has 0 heterocycles. The summed E-state index contributed by atoms with van der Waals surface area (Å²) in [6.07, 6.45) is -4.59. The minimum Gasteiger partial charge on any atom is -0.507 e. The highest BCUT2D eigenvalue weighted by Crippen LogP contribution is 2.30. The highest BCUT2D eigenvalue weighted by atomic mass is 32.2. The fourth-order valence-electron chi connectivity index (χ4n) is 1.81. The molecule has 2 aromatic rings. The molecule has 0 bridgehead atoms. The molecule has 0 radical (unpaired) electrons. The van der Waals surface area contributed by atoms with Gasteiger partial charge in [-0.1, -0.05) is 0 Å². The minimum absolute atomic E-state index is 0.141. The number of hydrogen-bond donors (Lipinski definition) is 3. The lowest BCUT2D eigenvalue weighted by Gasteiger charge is -2.11. The van der Waals surface area contributed by atoms with E-state index in [4.69, 9.17) is 5.11 Å². The van der Waals surface area contributed by atoms with Gasteiger partial charge in [0.25, 0.3) is 10.0 Å². The summed E-state index contributed by atoms with van der Waals surface area (Å²) < 4.78 is 63.7. The van der Waals surface area contributed by atoms with Gasteiger partial charge in [0.05, 0.1) is 16.1 Å². The molecule has 2 rings (SSSR count). The van der Waals surface area contributed by atoms with Crippen LogP contribution in [0.2, 0.25) is 0 Å². The van der Waals surface area contributed by atoms with Crippen LogP contribution in [-0.2, 0) is 16.2 Å². The molecule has 0 saturated carbocycles. The van der Waals surface area contributed by atoms with Crippen molar-refractivity contribution < 1.29 is 36.6 Å². The summed E-state index contributed by atoms with van der Waals surface area (Å²) in [6, 6.07) is 5.80. The zero-order chi connectivity index (χ0) is 18.1. The predicted molar refractivity (Wildman–Crippen MR) is 77.3 cm³/mol. The van der Waals surface area contributed by atoms with Gasteiger partial charge in [-0.2, -0.15) is 13.2 Å². The summed E-state index contributed by atoms with van der Waals surface area (Å²) in [5, 5.41) is 18.3. The quantitative estimate of drug-likeness (QED) is 0.777. The maximum Gasteiger partial charge on any atom is 0.416 e. The molecule has 0 spiro atoms. The molecular formula is C14H10F3NO5S. The number of halogens is 3. The Morgan fingerprint density at radius 3 is 2.08 bits per heavy atom. The zero-order valence-electron chi connectivity index (χ0n) is 11.7. The predicted octanol–water partition coefficient (Wildman–Crippen LogP) is 2.91. The molecular weight excluding hydrogens is 351 g/mol. The summed E-state index contributed by atoms with van der Waals surface area (Å²) >= 11 is 0. The van der Waals surface area contributed by atoms with E-state index < -0.39 is 43.9 Å². The van der Waals surface area contributed by atoms with Gasteiger partial charge in [0.1, 0.15) is 11.3 Å². The van der Waals surface area contributed by atoms with Crippen molar-refractivity contribution >= 4 is 21.7 Å². The Balaban J connectivity index is 2.28. The molecule has 10 heteroatoms. The van der Waals surface area contributed by atoms with Crippen LogP contribution in [0.4, 0.5) is 18.9 Å². The number of aromatic carboxylic acids is 1. The van der Waals surface area contributed by atoms with E-state index in [0.29, 0.717) is 12.1 Å². The second-order valence-corrected chi connectivity index (χ2v) is 6.35. The average Bonchev–Trinajstić information content (AvgIpc) is 2.45. The highest BCUT2D eigenvalue weighted by molar-refractivity contribution is 7.92. The second kappa shape index (κ2) is 6.04. The monoisotopic (exact) mass is 361 g/mol. The van der Waals surface area contributed by atoms with Gasteiger partial charge in [0.15, 0.2) is 0 Å². The summed E-state index contributed by atoms with van der Waals surface area (Å²) in [5.41, 5.74) is -1.56. The van der Waals surface area contributed by atoms with Gasteiger partial charge in [-0.15, -0.1) is 0 Å². The first-order chi connectivity index (χ1) is 11.0. The second-order valence-electron chi connectivity index (χ2n) is 4.66. The largest absolute Gasteiger partial charge is 0.507 e. The van der Waals surface area contributed by atoms with Crippen LogP contribution in [0.5, 0.6) is 5.75 Å². The van der Waals surface area contributed by atoms with Gasteiger partial charge < -0.3 is 10.2 Å². The highest BCUT2D eigenvalue weighted by Gasteiger charge is 2.30. The van der Waals surface area contributed by atoms with Crippen LogP contribution in [0.1, 0.15) is 15.9 Å². The number of aromatic hydroxyl groups is 1. The third-order valence-electron chi connectivity index (χ3n) is 2.97. The molecule has 6 nitrogen and oxygen atoms in total. The number of hydrogen-bond acceptors (Lipinski definition) is 4. The molecule has 0 unspecified atom stereocenters. The topological polar surface area (TPSA) is 104 Å². The van der Waals surface area contributed by atoms with E-state index >= 15 is 0 Å². The van der Waals surface area contributed by atoms with Crippen molar-refractivity contribution in [1.82, 2.24) is 0 Å². The van der Waals surface area contributed by atoms with Crippen LogP contribution in [0.25, 0.3) is 0 Å². The smallest absolute Gasteiger partial charge is 0.416 e. The lowest BCUT2D eigenvalue weighted by atomic mass is 10.2. The lowest BCUT2D eigenvalue weighted by Crippen LogP contribution is -2.14. The molecule has 24 heavy (non-hydrogen) atoms. The van der Waals surface area contributed by atoms with Crippen molar-refractivity contribution in [3.63, 3.8) is 0 Å². The van der Waals surface area contributed by atoms with E-state index in [1.807, 2.05) is 4.72 Å². The molecule has 0 amide bonds. The zero-order valence-corrected chi connectivity index (χ0v) is 12.5.